The van der Waals surface area contributed by atoms with Gasteiger partial charge in [0, 0.05) is 27.2 Å². The molecule has 9 heteroatoms. The van der Waals surface area contributed by atoms with E-state index in [-0.39, 0.29) is 17.9 Å². The molecule has 0 spiro atoms. The SMILES string of the molecule is O=C(N/N=C\c1ccccc1OCc1ccc(Cl)cc1Cl)c1ccccc1[N+](=O)[O-]. The van der Waals surface area contributed by atoms with Crippen molar-refractivity contribution >= 4 is 41.0 Å². The Hall–Kier alpha value is -3.42. The van der Waals surface area contributed by atoms with Gasteiger partial charge in [0.1, 0.15) is 17.9 Å². The van der Waals surface area contributed by atoms with Crippen LogP contribution in [0.3, 0.4) is 0 Å². The summed E-state index contributed by atoms with van der Waals surface area (Å²) in [6.45, 7) is 0.212. The predicted molar refractivity (Wildman–Crippen MR) is 115 cm³/mol. The smallest absolute Gasteiger partial charge is 0.282 e. The van der Waals surface area contributed by atoms with Gasteiger partial charge in [-0.25, -0.2) is 5.43 Å². The van der Waals surface area contributed by atoms with Crippen molar-refractivity contribution in [1.29, 1.82) is 0 Å². The van der Waals surface area contributed by atoms with E-state index in [0.717, 1.165) is 5.56 Å². The molecule has 3 aromatic carbocycles. The Bertz CT molecular complexity index is 1120. The van der Waals surface area contributed by atoms with Crippen LogP contribution in [0.25, 0.3) is 0 Å². The molecule has 0 aliphatic rings. The number of carbonyl (C=O) groups excluding carboxylic acids is 1. The van der Waals surface area contributed by atoms with Crippen molar-refractivity contribution in [2.45, 2.75) is 6.61 Å². The summed E-state index contributed by atoms with van der Waals surface area (Å²) in [5, 5.41) is 16.0. The summed E-state index contributed by atoms with van der Waals surface area (Å²) in [5.41, 5.74) is 3.28. The van der Waals surface area contributed by atoms with E-state index in [9.17, 15) is 14.9 Å². The zero-order valence-corrected chi connectivity index (χ0v) is 16.9. The molecule has 3 rings (SSSR count). The van der Waals surface area contributed by atoms with Gasteiger partial charge in [0.2, 0.25) is 0 Å². The Morgan fingerprint density at radius 2 is 1.83 bits per heavy atom. The third-order valence-electron chi connectivity index (χ3n) is 4.03. The molecule has 0 bridgehead atoms. The van der Waals surface area contributed by atoms with E-state index in [4.69, 9.17) is 27.9 Å². The van der Waals surface area contributed by atoms with Gasteiger partial charge in [0.15, 0.2) is 0 Å². The molecule has 1 N–H and O–H groups in total. The maximum atomic E-state index is 12.2. The summed E-state index contributed by atoms with van der Waals surface area (Å²) in [6.07, 6.45) is 1.39. The number of para-hydroxylation sites is 2. The fraction of sp³-hybridized carbons (Fsp3) is 0.0476. The van der Waals surface area contributed by atoms with E-state index < -0.39 is 10.8 Å². The second-order valence-corrected chi connectivity index (χ2v) is 6.88. The number of nitro groups is 1. The second-order valence-electron chi connectivity index (χ2n) is 6.04. The number of benzene rings is 3. The molecule has 0 saturated carbocycles. The summed E-state index contributed by atoms with van der Waals surface area (Å²) >= 11 is 12.1. The van der Waals surface area contributed by atoms with Crippen molar-refractivity contribution in [2.24, 2.45) is 5.10 Å². The van der Waals surface area contributed by atoms with Crippen LogP contribution in [0.4, 0.5) is 5.69 Å². The van der Waals surface area contributed by atoms with Crippen LogP contribution in [-0.4, -0.2) is 17.0 Å². The average Bonchev–Trinajstić information content (AvgIpc) is 2.74. The van der Waals surface area contributed by atoms with Crippen molar-refractivity contribution in [3.63, 3.8) is 0 Å². The second kappa shape index (κ2) is 9.87. The van der Waals surface area contributed by atoms with Gasteiger partial charge in [0.05, 0.1) is 11.1 Å². The third-order valence-corrected chi connectivity index (χ3v) is 4.62. The van der Waals surface area contributed by atoms with Gasteiger partial charge in [0.25, 0.3) is 11.6 Å². The first-order valence-electron chi connectivity index (χ1n) is 8.68. The van der Waals surface area contributed by atoms with Crippen LogP contribution in [0.5, 0.6) is 5.75 Å². The number of hydrogen-bond donors (Lipinski definition) is 1. The lowest BCUT2D eigenvalue weighted by molar-refractivity contribution is -0.385. The summed E-state index contributed by atoms with van der Waals surface area (Å²) in [5.74, 6) is -0.169. The molecule has 7 nitrogen and oxygen atoms in total. The Morgan fingerprint density at radius 1 is 1.10 bits per heavy atom. The van der Waals surface area contributed by atoms with Crippen molar-refractivity contribution in [2.75, 3.05) is 0 Å². The number of rotatable bonds is 7. The number of nitro benzene ring substituents is 1. The topological polar surface area (TPSA) is 93.8 Å². The Kier molecular flexibility index (Phi) is 7.00. The van der Waals surface area contributed by atoms with E-state index in [0.29, 0.717) is 21.4 Å². The highest BCUT2D eigenvalue weighted by Gasteiger charge is 2.18. The number of nitrogens with zero attached hydrogens (tertiary/aromatic N) is 2. The van der Waals surface area contributed by atoms with E-state index in [2.05, 4.69) is 10.5 Å². The van der Waals surface area contributed by atoms with Gasteiger partial charge in [-0.3, -0.25) is 14.9 Å². The number of hydrogen-bond acceptors (Lipinski definition) is 5. The minimum Gasteiger partial charge on any atom is -0.488 e. The summed E-state index contributed by atoms with van der Waals surface area (Å²) in [6, 6.07) is 17.8. The number of halogens is 2. The van der Waals surface area contributed by atoms with Crippen LogP contribution in [0.15, 0.2) is 71.8 Å². The highest BCUT2D eigenvalue weighted by Crippen LogP contribution is 2.24. The average molecular weight is 444 g/mol. The zero-order chi connectivity index (χ0) is 21.5. The molecule has 152 valence electrons. The molecule has 0 radical (unpaired) electrons. The molecule has 0 aliphatic carbocycles. The zero-order valence-electron chi connectivity index (χ0n) is 15.4. The molecular weight excluding hydrogens is 429 g/mol. The molecule has 1 amide bonds. The van der Waals surface area contributed by atoms with Crippen LogP contribution in [0.1, 0.15) is 21.5 Å². The number of nitrogens with one attached hydrogen (secondary N) is 1. The minimum absolute atomic E-state index is 0.0819. The highest BCUT2D eigenvalue weighted by atomic mass is 35.5. The predicted octanol–water partition coefficient (Wildman–Crippen LogP) is 5.24. The standard InChI is InChI=1S/C21H15Cl2N3O4/c22-16-10-9-15(18(23)11-16)13-30-20-8-4-1-5-14(20)12-24-25-21(27)17-6-2-3-7-19(17)26(28)29/h1-12H,13H2,(H,25,27)/b24-12-. The van der Waals surface area contributed by atoms with Gasteiger partial charge in [-0.1, -0.05) is 53.5 Å². The number of ether oxygens (including phenoxy) is 1. The van der Waals surface area contributed by atoms with Crippen LogP contribution >= 0.6 is 23.2 Å². The molecule has 0 aromatic heterocycles. The van der Waals surface area contributed by atoms with Gasteiger partial charge in [-0.2, -0.15) is 5.10 Å². The highest BCUT2D eigenvalue weighted by molar-refractivity contribution is 6.35. The monoisotopic (exact) mass is 443 g/mol. The van der Waals surface area contributed by atoms with Crippen molar-refractivity contribution in [1.82, 2.24) is 5.43 Å². The van der Waals surface area contributed by atoms with E-state index in [1.165, 1.54) is 30.5 Å². The van der Waals surface area contributed by atoms with Gasteiger partial charge >= 0.3 is 0 Å². The largest absolute Gasteiger partial charge is 0.488 e. The number of amides is 1. The Labute approximate surface area is 182 Å². The van der Waals surface area contributed by atoms with Crippen LogP contribution in [-0.2, 0) is 6.61 Å². The molecule has 0 saturated heterocycles. The lowest BCUT2D eigenvalue weighted by Crippen LogP contribution is -2.19. The summed E-state index contributed by atoms with van der Waals surface area (Å²) in [7, 11) is 0. The molecular formula is C21H15Cl2N3O4. The first-order valence-corrected chi connectivity index (χ1v) is 9.44. The number of hydrazone groups is 1. The minimum atomic E-state index is -0.690. The van der Waals surface area contributed by atoms with Crippen LogP contribution in [0, 0.1) is 10.1 Å². The van der Waals surface area contributed by atoms with Gasteiger partial charge in [-0.15, -0.1) is 0 Å². The number of carbonyl (C=O) groups is 1. The van der Waals surface area contributed by atoms with Crippen molar-refractivity contribution in [3.8, 4) is 5.75 Å². The molecule has 0 fully saturated rings. The first-order chi connectivity index (χ1) is 14.5. The first kappa shape index (κ1) is 21.3. The third kappa shape index (κ3) is 5.34. The molecule has 0 atom stereocenters. The van der Waals surface area contributed by atoms with Crippen LogP contribution < -0.4 is 10.2 Å². The van der Waals surface area contributed by atoms with E-state index in [1.807, 2.05) is 0 Å². The van der Waals surface area contributed by atoms with Crippen molar-refractivity contribution in [3.05, 3.63) is 104 Å². The molecule has 3 aromatic rings. The normalized spacial score (nSPS) is 10.7. The summed E-state index contributed by atoms with van der Waals surface area (Å²) < 4.78 is 5.82. The van der Waals surface area contributed by atoms with Gasteiger partial charge in [-0.05, 0) is 30.3 Å². The van der Waals surface area contributed by atoms with Crippen LogP contribution in [0.2, 0.25) is 10.0 Å². The lowest BCUT2D eigenvalue weighted by atomic mass is 10.2. The maximum absolute atomic E-state index is 12.2. The Morgan fingerprint density at radius 3 is 2.60 bits per heavy atom. The molecule has 30 heavy (non-hydrogen) atoms. The maximum Gasteiger partial charge on any atom is 0.282 e. The quantitative estimate of drug-likeness (QED) is 0.306. The lowest BCUT2D eigenvalue weighted by Gasteiger charge is -2.10. The molecule has 0 heterocycles. The van der Waals surface area contributed by atoms with Gasteiger partial charge < -0.3 is 4.74 Å². The van der Waals surface area contributed by atoms with Crippen molar-refractivity contribution < 1.29 is 14.5 Å². The van der Waals surface area contributed by atoms with E-state index in [1.54, 1.807) is 42.5 Å². The molecule has 0 unspecified atom stereocenters. The fourth-order valence-electron chi connectivity index (χ4n) is 2.56. The Balaban J connectivity index is 1.69. The van der Waals surface area contributed by atoms with E-state index >= 15 is 0 Å². The summed E-state index contributed by atoms with van der Waals surface area (Å²) in [4.78, 5) is 22.7. The molecule has 0 aliphatic heterocycles. The fourth-order valence-corrected chi connectivity index (χ4v) is 3.02.